The summed E-state index contributed by atoms with van der Waals surface area (Å²) in [6, 6.07) is 3.57. The van der Waals surface area contributed by atoms with Gasteiger partial charge >= 0.3 is 0 Å². The van der Waals surface area contributed by atoms with Gasteiger partial charge in [0.2, 0.25) is 0 Å². The Morgan fingerprint density at radius 3 is 2.78 bits per heavy atom. The third-order valence-electron chi connectivity index (χ3n) is 3.51. The number of hydrogen-bond acceptors (Lipinski definition) is 2. The number of benzene rings is 1. The van der Waals surface area contributed by atoms with Crippen molar-refractivity contribution in [2.75, 3.05) is 0 Å². The van der Waals surface area contributed by atoms with Gasteiger partial charge in [0.25, 0.3) is 5.91 Å². The summed E-state index contributed by atoms with van der Waals surface area (Å²) >= 11 is 0. The lowest BCUT2D eigenvalue weighted by Crippen LogP contribution is -2.33. The quantitative estimate of drug-likeness (QED) is 0.849. The van der Waals surface area contributed by atoms with E-state index in [4.69, 9.17) is 0 Å². The molecule has 0 aliphatic heterocycles. The maximum Gasteiger partial charge on any atom is 0.255 e. The Labute approximate surface area is 106 Å². The maximum absolute atomic E-state index is 12.8. The molecule has 1 fully saturated rings. The van der Waals surface area contributed by atoms with Gasteiger partial charge in [-0.15, -0.1) is 0 Å². The highest BCUT2D eigenvalue weighted by molar-refractivity contribution is 5.96. The number of phenolic OH excluding ortho intramolecular Hbond substituents is 1. The standard InChI is InChI=1S/C14H18FNO2/c1-14(2)6-5-10(8-14)16-13(18)11-4-3-9(15)7-12(11)17/h3-4,7,10,17H,5-6,8H2,1-2H3,(H,16,18). The largest absolute Gasteiger partial charge is 0.507 e. The molecule has 3 nitrogen and oxygen atoms in total. The second kappa shape index (κ2) is 4.59. The van der Waals surface area contributed by atoms with E-state index in [0.717, 1.165) is 25.3 Å². The second-order valence-electron chi connectivity index (χ2n) is 5.74. The van der Waals surface area contributed by atoms with E-state index in [1.54, 1.807) is 0 Å². The molecule has 0 saturated heterocycles. The minimum atomic E-state index is -0.550. The smallest absolute Gasteiger partial charge is 0.255 e. The predicted molar refractivity (Wildman–Crippen MR) is 67.0 cm³/mol. The summed E-state index contributed by atoms with van der Waals surface area (Å²) in [4.78, 5) is 12.0. The third kappa shape index (κ3) is 2.81. The Morgan fingerprint density at radius 1 is 1.50 bits per heavy atom. The topological polar surface area (TPSA) is 49.3 Å². The average molecular weight is 251 g/mol. The molecule has 0 radical (unpaired) electrons. The van der Waals surface area contributed by atoms with Crippen LogP contribution in [-0.2, 0) is 0 Å². The maximum atomic E-state index is 12.8. The van der Waals surface area contributed by atoms with E-state index in [-0.39, 0.29) is 28.7 Å². The number of rotatable bonds is 2. The van der Waals surface area contributed by atoms with Crippen molar-refractivity contribution in [3.63, 3.8) is 0 Å². The number of carbonyl (C=O) groups excluding carboxylic acids is 1. The molecule has 1 aromatic carbocycles. The molecule has 1 amide bonds. The number of halogens is 1. The summed E-state index contributed by atoms with van der Waals surface area (Å²) in [5, 5.41) is 12.4. The van der Waals surface area contributed by atoms with Gasteiger partial charge in [-0.3, -0.25) is 4.79 Å². The molecule has 2 rings (SSSR count). The van der Waals surface area contributed by atoms with Gasteiger partial charge < -0.3 is 10.4 Å². The van der Waals surface area contributed by atoms with Crippen LogP contribution in [0.5, 0.6) is 5.75 Å². The van der Waals surface area contributed by atoms with Crippen molar-refractivity contribution in [2.24, 2.45) is 5.41 Å². The number of carbonyl (C=O) groups is 1. The summed E-state index contributed by atoms with van der Waals surface area (Å²) < 4.78 is 12.8. The van der Waals surface area contributed by atoms with Crippen molar-refractivity contribution in [2.45, 2.75) is 39.2 Å². The molecule has 1 atom stereocenters. The zero-order valence-electron chi connectivity index (χ0n) is 10.7. The Kier molecular flexibility index (Phi) is 3.28. The summed E-state index contributed by atoms with van der Waals surface area (Å²) in [7, 11) is 0. The van der Waals surface area contributed by atoms with E-state index < -0.39 is 5.82 Å². The summed E-state index contributed by atoms with van der Waals surface area (Å²) in [6.45, 7) is 4.35. The van der Waals surface area contributed by atoms with Crippen molar-refractivity contribution in [3.05, 3.63) is 29.6 Å². The summed E-state index contributed by atoms with van der Waals surface area (Å²) in [5.74, 6) is -1.20. The van der Waals surface area contributed by atoms with E-state index in [0.29, 0.717) is 0 Å². The molecule has 1 saturated carbocycles. The lowest BCUT2D eigenvalue weighted by molar-refractivity contribution is 0.0933. The Bertz CT molecular complexity index is 471. The van der Waals surface area contributed by atoms with Crippen LogP contribution in [0.2, 0.25) is 0 Å². The van der Waals surface area contributed by atoms with Crippen LogP contribution in [0.25, 0.3) is 0 Å². The molecule has 4 heteroatoms. The Morgan fingerprint density at radius 2 is 2.22 bits per heavy atom. The highest BCUT2D eigenvalue weighted by Gasteiger charge is 2.32. The van der Waals surface area contributed by atoms with Gasteiger partial charge in [0, 0.05) is 12.1 Å². The number of hydrogen-bond donors (Lipinski definition) is 2. The molecular formula is C14H18FNO2. The van der Waals surface area contributed by atoms with Crippen LogP contribution in [-0.4, -0.2) is 17.1 Å². The van der Waals surface area contributed by atoms with Crippen LogP contribution >= 0.6 is 0 Å². The number of phenols is 1. The SMILES string of the molecule is CC1(C)CCC(NC(=O)c2ccc(F)cc2O)C1. The van der Waals surface area contributed by atoms with Crippen LogP contribution < -0.4 is 5.32 Å². The molecule has 1 aliphatic rings. The monoisotopic (exact) mass is 251 g/mol. The number of amides is 1. The van der Waals surface area contributed by atoms with Crippen LogP contribution in [0.15, 0.2) is 18.2 Å². The van der Waals surface area contributed by atoms with Crippen LogP contribution in [0.3, 0.4) is 0 Å². The molecule has 1 aromatic rings. The average Bonchev–Trinajstić information content (AvgIpc) is 2.57. The Balaban J connectivity index is 2.04. The molecule has 1 aliphatic carbocycles. The first-order valence-corrected chi connectivity index (χ1v) is 6.17. The second-order valence-corrected chi connectivity index (χ2v) is 5.74. The van der Waals surface area contributed by atoms with Crippen molar-refractivity contribution in [3.8, 4) is 5.75 Å². The third-order valence-corrected chi connectivity index (χ3v) is 3.51. The first-order valence-electron chi connectivity index (χ1n) is 6.17. The fraction of sp³-hybridized carbons (Fsp3) is 0.500. The van der Waals surface area contributed by atoms with Gasteiger partial charge in [0.15, 0.2) is 0 Å². The van der Waals surface area contributed by atoms with E-state index >= 15 is 0 Å². The highest BCUT2D eigenvalue weighted by Crippen LogP contribution is 2.37. The number of aromatic hydroxyl groups is 1. The molecule has 18 heavy (non-hydrogen) atoms. The zero-order chi connectivity index (χ0) is 13.3. The molecule has 0 heterocycles. The zero-order valence-corrected chi connectivity index (χ0v) is 10.7. The molecule has 0 aromatic heterocycles. The minimum Gasteiger partial charge on any atom is -0.507 e. The lowest BCUT2D eigenvalue weighted by Gasteiger charge is -2.18. The molecule has 1 unspecified atom stereocenters. The first-order chi connectivity index (χ1) is 8.37. The van der Waals surface area contributed by atoms with Crippen molar-refractivity contribution in [1.82, 2.24) is 5.32 Å². The van der Waals surface area contributed by atoms with Crippen molar-refractivity contribution >= 4 is 5.91 Å². The van der Waals surface area contributed by atoms with Gasteiger partial charge in [0.05, 0.1) is 5.56 Å². The van der Waals surface area contributed by atoms with E-state index in [2.05, 4.69) is 19.2 Å². The van der Waals surface area contributed by atoms with Crippen LogP contribution in [0.4, 0.5) is 4.39 Å². The number of nitrogens with one attached hydrogen (secondary N) is 1. The van der Waals surface area contributed by atoms with E-state index in [1.165, 1.54) is 12.1 Å². The molecule has 2 N–H and O–H groups in total. The van der Waals surface area contributed by atoms with Gasteiger partial charge in [0.1, 0.15) is 11.6 Å². The molecular weight excluding hydrogens is 233 g/mol. The van der Waals surface area contributed by atoms with Crippen molar-refractivity contribution < 1.29 is 14.3 Å². The van der Waals surface area contributed by atoms with Gasteiger partial charge in [-0.25, -0.2) is 4.39 Å². The van der Waals surface area contributed by atoms with Gasteiger partial charge in [-0.1, -0.05) is 13.8 Å². The predicted octanol–water partition coefficient (Wildman–Crippen LogP) is 2.84. The fourth-order valence-corrected chi connectivity index (χ4v) is 2.52. The summed E-state index contributed by atoms with van der Waals surface area (Å²) in [6.07, 6.45) is 2.95. The highest BCUT2D eigenvalue weighted by atomic mass is 19.1. The Hall–Kier alpha value is -1.58. The van der Waals surface area contributed by atoms with Crippen molar-refractivity contribution in [1.29, 1.82) is 0 Å². The summed E-state index contributed by atoms with van der Waals surface area (Å²) in [5.41, 5.74) is 0.379. The van der Waals surface area contributed by atoms with Crippen LogP contribution in [0, 0.1) is 11.2 Å². The molecule has 0 spiro atoms. The fourth-order valence-electron chi connectivity index (χ4n) is 2.52. The van der Waals surface area contributed by atoms with Gasteiger partial charge in [-0.2, -0.15) is 0 Å². The first kappa shape index (κ1) is 12.9. The van der Waals surface area contributed by atoms with Crippen LogP contribution in [0.1, 0.15) is 43.5 Å². The lowest BCUT2D eigenvalue weighted by atomic mass is 9.92. The van der Waals surface area contributed by atoms with Gasteiger partial charge in [-0.05, 0) is 36.8 Å². The molecule has 98 valence electrons. The normalized spacial score (nSPS) is 21.8. The minimum absolute atomic E-state index is 0.126. The van der Waals surface area contributed by atoms with E-state index in [9.17, 15) is 14.3 Å². The molecule has 0 bridgehead atoms. The van der Waals surface area contributed by atoms with E-state index in [1.807, 2.05) is 0 Å².